The SMILES string of the molecule is COc1ccc(-c2cc(C(F)(F)F)nc(SCC(=O)Nc3cccnc3)n2)cc1OC. The number of rotatable bonds is 7. The molecule has 3 rings (SSSR count). The molecule has 2 aromatic heterocycles. The Labute approximate surface area is 180 Å². The first-order chi connectivity index (χ1) is 14.8. The van der Waals surface area contributed by atoms with Gasteiger partial charge in [0.15, 0.2) is 16.7 Å². The number of benzene rings is 1. The summed E-state index contributed by atoms with van der Waals surface area (Å²) in [6, 6.07) is 8.79. The molecule has 0 radical (unpaired) electrons. The Hall–Kier alpha value is -3.34. The van der Waals surface area contributed by atoms with Gasteiger partial charge in [-0.2, -0.15) is 13.2 Å². The molecule has 0 saturated heterocycles. The lowest BCUT2D eigenvalue weighted by Crippen LogP contribution is -2.15. The number of nitrogens with zero attached hydrogens (tertiary/aromatic N) is 3. The van der Waals surface area contributed by atoms with Gasteiger partial charge in [0.1, 0.15) is 5.69 Å². The van der Waals surface area contributed by atoms with Crippen molar-refractivity contribution in [2.45, 2.75) is 11.3 Å². The van der Waals surface area contributed by atoms with Gasteiger partial charge in [-0.1, -0.05) is 11.8 Å². The van der Waals surface area contributed by atoms with Crippen LogP contribution in [0.25, 0.3) is 11.3 Å². The molecule has 0 spiro atoms. The van der Waals surface area contributed by atoms with Crippen molar-refractivity contribution in [2.24, 2.45) is 0 Å². The molecule has 0 aliphatic carbocycles. The number of pyridine rings is 1. The van der Waals surface area contributed by atoms with Crippen LogP contribution in [0.3, 0.4) is 0 Å². The number of amides is 1. The summed E-state index contributed by atoms with van der Waals surface area (Å²) >= 11 is 0.794. The second-order valence-corrected chi connectivity index (χ2v) is 7.01. The van der Waals surface area contributed by atoms with Crippen molar-refractivity contribution in [3.05, 3.63) is 54.5 Å². The molecule has 0 bridgehead atoms. The fourth-order valence-corrected chi connectivity index (χ4v) is 3.20. The normalized spacial score (nSPS) is 11.1. The second-order valence-electron chi connectivity index (χ2n) is 6.07. The number of halogens is 3. The molecule has 1 amide bonds. The summed E-state index contributed by atoms with van der Waals surface area (Å²) in [4.78, 5) is 23.7. The van der Waals surface area contributed by atoms with Crippen molar-refractivity contribution in [1.82, 2.24) is 15.0 Å². The third-order valence-corrected chi connectivity index (χ3v) is 4.80. The number of aromatic nitrogens is 3. The van der Waals surface area contributed by atoms with Crippen LogP contribution in [0.4, 0.5) is 18.9 Å². The highest BCUT2D eigenvalue weighted by Gasteiger charge is 2.34. The molecule has 3 aromatic rings. The van der Waals surface area contributed by atoms with Crippen LogP contribution in [0.1, 0.15) is 5.69 Å². The first-order valence-corrected chi connectivity index (χ1v) is 9.80. The summed E-state index contributed by atoms with van der Waals surface area (Å²) in [6.45, 7) is 0. The minimum atomic E-state index is -4.68. The summed E-state index contributed by atoms with van der Waals surface area (Å²) in [5.41, 5.74) is -0.211. The van der Waals surface area contributed by atoms with Crippen LogP contribution in [0.15, 0.2) is 53.9 Å². The lowest BCUT2D eigenvalue weighted by molar-refractivity contribution is -0.141. The molecular formula is C20H17F3N4O3S. The Morgan fingerprint density at radius 3 is 2.52 bits per heavy atom. The van der Waals surface area contributed by atoms with Crippen LogP contribution in [0, 0.1) is 0 Å². The minimum Gasteiger partial charge on any atom is -0.493 e. The average molecular weight is 450 g/mol. The molecule has 31 heavy (non-hydrogen) atoms. The van der Waals surface area contributed by atoms with Gasteiger partial charge < -0.3 is 14.8 Å². The van der Waals surface area contributed by atoms with E-state index in [0.717, 1.165) is 17.8 Å². The zero-order chi connectivity index (χ0) is 22.4. The molecule has 7 nitrogen and oxygen atoms in total. The smallest absolute Gasteiger partial charge is 0.433 e. The van der Waals surface area contributed by atoms with Gasteiger partial charge in [0.2, 0.25) is 5.91 Å². The molecule has 0 saturated carbocycles. The monoisotopic (exact) mass is 450 g/mol. The summed E-state index contributed by atoms with van der Waals surface area (Å²) in [6.07, 6.45) is -1.67. The minimum absolute atomic E-state index is 0.0402. The average Bonchev–Trinajstić information content (AvgIpc) is 2.77. The molecule has 11 heteroatoms. The molecule has 0 aliphatic heterocycles. The molecular weight excluding hydrogens is 433 g/mol. The van der Waals surface area contributed by atoms with Gasteiger partial charge >= 0.3 is 6.18 Å². The van der Waals surface area contributed by atoms with Crippen LogP contribution in [-0.4, -0.2) is 40.8 Å². The van der Waals surface area contributed by atoms with Gasteiger partial charge in [0.05, 0.1) is 37.6 Å². The van der Waals surface area contributed by atoms with E-state index in [1.165, 1.54) is 26.5 Å². The highest BCUT2D eigenvalue weighted by Crippen LogP contribution is 2.35. The lowest BCUT2D eigenvalue weighted by atomic mass is 10.1. The standard InChI is InChI=1S/C20H17F3N4O3S/c1-29-15-6-5-12(8-16(15)30-2)14-9-17(20(21,22)23)27-19(26-14)31-11-18(28)25-13-4-3-7-24-10-13/h3-10H,11H2,1-2H3,(H,25,28). The highest BCUT2D eigenvalue weighted by atomic mass is 32.2. The summed E-state index contributed by atoms with van der Waals surface area (Å²) in [5, 5.41) is 2.42. The Morgan fingerprint density at radius 2 is 1.87 bits per heavy atom. The maximum Gasteiger partial charge on any atom is 0.433 e. The number of carbonyl (C=O) groups excluding carboxylic acids is 1. The molecule has 0 aliphatic rings. The first-order valence-electron chi connectivity index (χ1n) is 8.81. The Morgan fingerprint density at radius 1 is 1.10 bits per heavy atom. The number of alkyl halides is 3. The van der Waals surface area contributed by atoms with Crippen LogP contribution >= 0.6 is 11.8 Å². The van der Waals surface area contributed by atoms with E-state index in [0.29, 0.717) is 22.7 Å². The van der Waals surface area contributed by atoms with Crippen LogP contribution in [0.5, 0.6) is 11.5 Å². The van der Waals surface area contributed by atoms with E-state index >= 15 is 0 Å². The molecule has 162 valence electrons. The Kier molecular flexibility index (Phi) is 6.95. The number of nitrogens with one attached hydrogen (secondary N) is 1. The van der Waals surface area contributed by atoms with Crippen LogP contribution in [-0.2, 0) is 11.0 Å². The van der Waals surface area contributed by atoms with E-state index in [-0.39, 0.29) is 16.6 Å². The zero-order valence-electron chi connectivity index (χ0n) is 16.4. The number of hydrogen-bond donors (Lipinski definition) is 1. The summed E-state index contributed by atoms with van der Waals surface area (Å²) in [7, 11) is 2.88. The van der Waals surface area contributed by atoms with Crippen LogP contribution < -0.4 is 14.8 Å². The lowest BCUT2D eigenvalue weighted by Gasteiger charge is -2.12. The Balaban J connectivity index is 1.86. The predicted molar refractivity (Wildman–Crippen MR) is 109 cm³/mol. The van der Waals surface area contributed by atoms with Crippen molar-refractivity contribution >= 4 is 23.4 Å². The van der Waals surface area contributed by atoms with Crippen LogP contribution in [0.2, 0.25) is 0 Å². The second kappa shape index (κ2) is 9.65. The quantitative estimate of drug-likeness (QED) is 0.424. The van der Waals surface area contributed by atoms with Gasteiger partial charge in [-0.15, -0.1) is 0 Å². The number of methoxy groups -OCH3 is 2. The summed E-state index contributed by atoms with van der Waals surface area (Å²) in [5.74, 6) is 0.170. The maximum atomic E-state index is 13.4. The van der Waals surface area contributed by atoms with Crippen molar-refractivity contribution < 1.29 is 27.4 Å². The number of carbonyl (C=O) groups is 1. The zero-order valence-corrected chi connectivity index (χ0v) is 17.3. The first kappa shape index (κ1) is 22.3. The predicted octanol–water partition coefficient (Wildman–Crippen LogP) is 4.31. The van der Waals surface area contributed by atoms with E-state index in [9.17, 15) is 18.0 Å². The van der Waals surface area contributed by atoms with Gasteiger partial charge in [0.25, 0.3) is 0 Å². The van der Waals surface area contributed by atoms with Gasteiger partial charge in [-0.25, -0.2) is 9.97 Å². The molecule has 0 unspecified atom stereocenters. The molecule has 0 fully saturated rings. The van der Waals surface area contributed by atoms with E-state index in [2.05, 4.69) is 20.3 Å². The van der Waals surface area contributed by atoms with E-state index in [1.807, 2.05) is 0 Å². The summed E-state index contributed by atoms with van der Waals surface area (Å²) < 4.78 is 50.5. The highest BCUT2D eigenvalue weighted by molar-refractivity contribution is 7.99. The largest absolute Gasteiger partial charge is 0.493 e. The maximum absolute atomic E-state index is 13.4. The van der Waals surface area contributed by atoms with E-state index < -0.39 is 17.8 Å². The van der Waals surface area contributed by atoms with Gasteiger partial charge in [0, 0.05) is 11.8 Å². The van der Waals surface area contributed by atoms with E-state index in [1.54, 1.807) is 30.5 Å². The third-order valence-electron chi connectivity index (χ3n) is 3.95. The fourth-order valence-electron chi connectivity index (χ4n) is 2.54. The number of ether oxygens (including phenoxy) is 2. The van der Waals surface area contributed by atoms with Crippen molar-refractivity contribution in [2.75, 3.05) is 25.3 Å². The van der Waals surface area contributed by atoms with Crippen molar-refractivity contribution in [3.8, 4) is 22.8 Å². The molecule has 2 heterocycles. The topological polar surface area (TPSA) is 86.2 Å². The number of thioether (sulfide) groups is 1. The molecule has 1 aromatic carbocycles. The van der Waals surface area contributed by atoms with E-state index in [4.69, 9.17) is 9.47 Å². The van der Waals surface area contributed by atoms with Gasteiger partial charge in [-0.05, 0) is 36.4 Å². The number of hydrogen-bond acceptors (Lipinski definition) is 7. The molecule has 1 N–H and O–H groups in total. The third kappa shape index (κ3) is 5.85. The fraction of sp³-hybridized carbons (Fsp3) is 0.200. The van der Waals surface area contributed by atoms with Gasteiger partial charge in [-0.3, -0.25) is 9.78 Å². The van der Waals surface area contributed by atoms with Crippen molar-refractivity contribution in [1.29, 1.82) is 0 Å². The van der Waals surface area contributed by atoms with Crippen molar-refractivity contribution in [3.63, 3.8) is 0 Å². The Bertz CT molecular complexity index is 1070. The molecule has 0 atom stereocenters. The number of anilines is 1.